The standard InChI is InChI=1S/C12H20N8/c1-4-9(5-2)6-15-11-17-10(13-3)18-12(19-11)20-8-14-7-16-20/h7-9H,4-6H2,1-3H3,(H2,13,15,17,18,19). The summed E-state index contributed by atoms with van der Waals surface area (Å²) in [5, 5.41) is 10.2. The van der Waals surface area contributed by atoms with Crippen molar-refractivity contribution >= 4 is 11.9 Å². The van der Waals surface area contributed by atoms with E-state index in [1.807, 2.05) is 0 Å². The maximum atomic E-state index is 4.35. The Kier molecular flexibility index (Phi) is 4.80. The first kappa shape index (κ1) is 14.2. The predicted octanol–water partition coefficient (Wildman–Crippen LogP) is 1.34. The fourth-order valence-electron chi connectivity index (χ4n) is 1.78. The van der Waals surface area contributed by atoms with Crippen LogP contribution in [0.2, 0.25) is 0 Å². The molecule has 0 aliphatic heterocycles. The fraction of sp³-hybridized carbons (Fsp3) is 0.583. The van der Waals surface area contributed by atoms with Gasteiger partial charge in [-0.05, 0) is 5.92 Å². The second kappa shape index (κ2) is 6.78. The van der Waals surface area contributed by atoms with Gasteiger partial charge in [-0.2, -0.15) is 24.7 Å². The molecule has 0 aliphatic rings. The molecule has 0 saturated heterocycles. The molecule has 0 spiro atoms. The van der Waals surface area contributed by atoms with Crippen LogP contribution in [0.5, 0.6) is 0 Å². The lowest BCUT2D eigenvalue weighted by Gasteiger charge is -2.13. The molecule has 20 heavy (non-hydrogen) atoms. The molecular formula is C12H20N8. The first-order chi connectivity index (χ1) is 9.76. The molecule has 0 fully saturated rings. The van der Waals surface area contributed by atoms with Gasteiger partial charge in [0.25, 0.3) is 5.95 Å². The third-order valence-corrected chi connectivity index (χ3v) is 3.17. The minimum atomic E-state index is 0.439. The Morgan fingerprint density at radius 3 is 2.50 bits per heavy atom. The highest BCUT2D eigenvalue weighted by molar-refractivity contribution is 5.37. The summed E-state index contributed by atoms with van der Waals surface area (Å²) in [5.41, 5.74) is 0. The molecule has 2 aromatic rings. The van der Waals surface area contributed by atoms with E-state index in [1.165, 1.54) is 11.0 Å². The van der Waals surface area contributed by atoms with E-state index in [-0.39, 0.29) is 0 Å². The van der Waals surface area contributed by atoms with Crippen LogP contribution in [0, 0.1) is 5.92 Å². The molecule has 0 saturated carbocycles. The van der Waals surface area contributed by atoms with Crippen molar-refractivity contribution < 1.29 is 0 Å². The first-order valence-corrected chi connectivity index (χ1v) is 6.79. The number of aromatic nitrogens is 6. The van der Waals surface area contributed by atoms with E-state index < -0.39 is 0 Å². The smallest absolute Gasteiger partial charge is 0.258 e. The molecule has 2 rings (SSSR count). The third-order valence-electron chi connectivity index (χ3n) is 3.17. The monoisotopic (exact) mass is 276 g/mol. The summed E-state index contributed by atoms with van der Waals surface area (Å²) >= 11 is 0. The minimum absolute atomic E-state index is 0.439. The number of nitrogens with zero attached hydrogens (tertiary/aromatic N) is 6. The molecule has 0 aromatic carbocycles. The highest BCUT2D eigenvalue weighted by Crippen LogP contribution is 2.11. The van der Waals surface area contributed by atoms with Crippen molar-refractivity contribution in [1.82, 2.24) is 29.7 Å². The van der Waals surface area contributed by atoms with Crippen molar-refractivity contribution in [3.05, 3.63) is 12.7 Å². The molecule has 0 atom stereocenters. The van der Waals surface area contributed by atoms with Crippen molar-refractivity contribution in [1.29, 1.82) is 0 Å². The van der Waals surface area contributed by atoms with E-state index in [9.17, 15) is 0 Å². The zero-order valence-electron chi connectivity index (χ0n) is 12.0. The Bertz CT molecular complexity index is 520. The largest absolute Gasteiger partial charge is 0.357 e. The number of anilines is 2. The average molecular weight is 276 g/mol. The van der Waals surface area contributed by atoms with Gasteiger partial charge in [0.05, 0.1) is 0 Å². The van der Waals surface area contributed by atoms with E-state index in [0.717, 1.165) is 19.4 Å². The zero-order chi connectivity index (χ0) is 14.4. The van der Waals surface area contributed by atoms with Crippen LogP contribution in [0.1, 0.15) is 26.7 Å². The van der Waals surface area contributed by atoms with Crippen molar-refractivity contribution in [2.24, 2.45) is 5.92 Å². The van der Waals surface area contributed by atoms with Crippen LogP contribution in [0.25, 0.3) is 5.95 Å². The van der Waals surface area contributed by atoms with Gasteiger partial charge < -0.3 is 10.6 Å². The van der Waals surface area contributed by atoms with Crippen molar-refractivity contribution in [3.8, 4) is 5.95 Å². The first-order valence-electron chi connectivity index (χ1n) is 6.79. The summed E-state index contributed by atoms with van der Waals surface area (Å²) in [6.45, 7) is 5.21. The van der Waals surface area contributed by atoms with Gasteiger partial charge in [0.1, 0.15) is 12.7 Å². The number of nitrogens with one attached hydrogen (secondary N) is 2. The van der Waals surface area contributed by atoms with Crippen LogP contribution in [0.15, 0.2) is 12.7 Å². The molecular weight excluding hydrogens is 256 g/mol. The predicted molar refractivity (Wildman–Crippen MR) is 76.9 cm³/mol. The van der Waals surface area contributed by atoms with E-state index in [4.69, 9.17) is 0 Å². The van der Waals surface area contributed by atoms with Gasteiger partial charge in [0.15, 0.2) is 0 Å². The molecule has 2 N–H and O–H groups in total. The summed E-state index contributed by atoms with van der Waals surface area (Å²) in [4.78, 5) is 16.8. The number of hydrogen-bond acceptors (Lipinski definition) is 7. The molecule has 0 amide bonds. The zero-order valence-corrected chi connectivity index (χ0v) is 12.0. The summed E-state index contributed by atoms with van der Waals surface area (Å²) in [6, 6.07) is 0. The van der Waals surface area contributed by atoms with Gasteiger partial charge >= 0.3 is 0 Å². The highest BCUT2D eigenvalue weighted by Gasteiger charge is 2.09. The van der Waals surface area contributed by atoms with E-state index >= 15 is 0 Å². The van der Waals surface area contributed by atoms with Crippen LogP contribution in [0.4, 0.5) is 11.9 Å². The van der Waals surface area contributed by atoms with Gasteiger partial charge in [0.2, 0.25) is 11.9 Å². The summed E-state index contributed by atoms with van der Waals surface area (Å²) in [7, 11) is 1.77. The fourth-order valence-corrected chi connectivity index (χ4v) is 1.78. The quantitative estimate of drug-likeness (QED) is 0.788. The summed E-state index contributed by atoms with van der Waals surface area (Å²) in [6.07, 6.45) is 5.26. The Labute approximate surface area is 118 Å². The highest BCUT2D eigenvalue weighted by atomic mass is 15.4. The van der Waals surface area contributed by atoms with Gasteiger partial charge in [-0.15, -0.1) is 0 Å². The van der Waals surface area contributed by atoms with E-state index in [1.54, 1.807) is 13.4 Å². The minimum Gasteiger partial charge on any atom is -0.357 e. The summed E-state index contributed by atoms with van der Waals surface area (Å²) < 4.78 is 1.50. The molecule has 2 aromatic heterocycles. The topological polar surface area (TPSA) is 93.4 Å². The lowest BCUT2D eigenvalue weighted by atomic mass is 10.0. The van der Waals surface area contributed by atoms with Crippen molar-refractivity contribution in [2.75, 3.05) is 24.2 Å². The van der Waals surface area contributed by atoms with Crippen LogP contribution >= 0.6 is 0 Å². The van der Waals surface area contributed by atoms with Gasteiger partial charge in [-0.25, -0.2) is 4.98 Å². The Hall–Kier alpha value is -2.25. The Morgan fingerprint density at radius 2 is 1.90 bits per heavy atom. The summed E-state index contributed by atoms with van der Waals surface area (Å²) in [5.74, 6) is 2.09. The number of rotatable bonds is 7. The Morgan fingerprint density at radius 1 is 1.15 bits per heavy atom. The van der Waals surface area contributed by atoms with Gasteiger partial charge in [-0.3, -0.25) is 0 Å². The SMILES string of the molecule is CCC(CC)CNc1nc(NC)nc(-n2cncn2)n1. The average Bonchev–Trinajstić information content (AvgIpc) is 3.02. The van der Waals surface area contributed by atoms with Crippen molar-refractivity contribution in [3.63, 3.8) is 0 Å². The molecule has 8 heteroatoms. The lowest BCUT2D eigenvalue weighted by molar-refractivity contribution is 0.517. The molecule has 0 unspecified atom stereocenters. The molecule has 0 aliphatic carbocycles. The van der Waals surface area contributed by atoms with Crippen LogP contribution < -0.4 is 10.6 Å². The maximum absolute atomic E-state index is 4.35. The Balaban J connectivity index is 2.18. The second-order valence-electron chi connectivity index (χ2n) is 4.44. The normalized spacial score (nSPS) is 10.8. The molecule has 108 valence electrons. The molecule has 8 nitrogen and oxygen atoms in total. The second-order valence-corrected chi connectivity index (χ2v) is 4.44. The lowest BCUT2D eigenvalue weighted by Crippen LogP contribution is -2.17. The van der Waals surface area contributed by atoms with Crippen molar-refractivity contribution in [2.45, 2.75) is 26.7 Å². The molecule has 0 bridgehead atoms. The maximum Gasteiger partial charge on any atom is 0.258 e. The third kappa shape index (κ3) is 3.40. The van der Waals surface area contributed by atoms with E-state index in [0.29, 0.717) is 23.8 Å². The number of hydrogen-bond donors (Lipinski definition) is 2. The van der Waals surface area contributed by atoms with Crippen LogP contribution in [-0.2, 0) is 0 Å². The van der Waals surface area contributed by atoms with E-state index in [2.05, 4.69) is 49.5 Å². The van der Waals surface area contributed by atoms with Gasteiger partial charge in [-0.1, -0.05) is 26.7 Å². The van der Waals surface area contributed by atoms with Gasteiger partial charge in [0, 0.05) is 13.6 Å². The van der Waals surface area contributed by atoms with Crippen LogP contribution in [0.3, 0.4) is 0 Å². The van der Waals surface area contributed by atoms with Crippen LogP contribution in [-0.4, -0.2) is 43.3 Å². The molecule has 2 heterocycles. The molecule has 0 radical (unpaired) electrons.